The second kappa shape index (κ2) is 6.48. The Bertz CT molecular complexity index is 657. The Kier molecular flexibility index (Phi) is 4.43. The summed E-state index contributed by atoms with van der Waals surface area (Å²) in [5, 5.41) is 4.52. The SMILES string of the molecule is CC(C)OC(=O)Cn1c([C@@H]2CCCNC2)cc2cccnc21. The van der Waals surface area contributed by atoms with Crippen molar-refractivity contribution in [1.82, 2.24) is 14.9 Å². The van der Waals surface area contributed by atoms with E-state index in [-0.39, 0.29) is 18.6 Å². The number of nitrogens with one attached hydrogen (secondary N) is 1. The average molecular weight is 301 g/mol. The maximum Gasteiger partial charge on any atom is 0.326 e. The number of ether oxygens (including phenoxy) is 1. The molecule has 1 saturated heterocycles. The van der Waals surface area contributed by atoms with Gasteiger partial charge < -0.3 is 14.6 Å². The third-order valence-corrected chi connectivity index (χ3v) is 4.06. The molecular formula is C17H23N3O2. The fraction of sp³-hybridized carbons (Fsp3) is 0.529. The third kappa shape index (κ3) is 3.14. The lowest BCUT2D eigenvalue weighted by Crippen LogP contribution is -2.30. The molecule has 22 heavy (non-hydrogen) atoms. The molecule has 0 bridgehead atoms. The molecule has 5 heteroatoms. The number of carbonyl (C=O) groups is 1. The quantitative estimate of drug-likeness (QED) is 0.881. The minimum absolute atomic E-state index is 0.0953. The molecule has 1 N–H and O–H groups in total. The predicted molar refractivity (Wildman–Crippen MR) is 85.8 cm³/mol. The summed E-state index contributed by atoms with van der Waals surface area (Å²) in [4.78, 5) is 16.6. The van der Waals surface area contributed by atoms with Crippen molar-refractivity contribution >= 4 is 17.0 Å². The molecule has 1 aliphatic rings. The number of piperidine rings is 1. The molecule has 0 radical (unpaired) electrons. The maximum atomic E-state index is 12.1. The first-order chi connectivity index (χ1) is 10.6. The van der Waals surface area contributed by atoms with Crippen LogP contribution in [0.2, 0.25) is 0 Å². The first-order valence-electron chi connectivity index (χ1n) is 7.99. The van der Waals surface area contributed by atoms with Gasteiger partial charge in [-0.25, -0.2) is 4.98 Å². The van der Waals surface area contributed by atoms with Gasteiger partial charge in [0.05, 0.1) is 6.10 Å². The number of esters is 1. The molecule has 1 fully saturated rings. The molecule has 0 saturated carbocycles. The van der Waals surface area contributed by atoms with Gasteiger partial charge in [0.2, 0.25) is 0 Å². The van der Waals surface area contributed by atoms with Crippen molar-refractivity contribution in [3.05, 3.63) is 30.1 Å². The van der Waals surface area contributed by atoms with E-state index < -0.39 is 0 Å². The van der Waals surface area contributed by atoms with Gasteiger partial charge in [-0.3, -0.25) is 4.79 Å². The normalized spacial score (nSPS) is 18.8. The van der Waals surface area contributed by atoms with Gasteiger partial charge in [-0.05, 0) is 51.4 Å². The number of nitrogens with zero attached hydrogens (tertiary/aromatic N) is 2. The summed E-state index contributed by atoms with van der Waals surface area (Å²) < 4.78 is 7.34. The van der Waals surface area contributed by atoms with Gasteiger partial charge in [0.1, 0.15) is 12.2 Å². The molecule has 5 nitrogen and oxygen atoms in total. The van der Waals surface area contributed by atoms with E-state index in [1.54, 1.807) is 6.20 Å². The molecule has 3 rings (SSSR count). The topological polar surface area (TPSA) is 56.1 Å². The minimum Gasteiger partial charge on any atom is -0.462 e. The first-order valence-corrected chi connectivity index (χ1v) is 7.99. The Labute approximate surface area is 130 Å². The van der Waals surface area contributed by atoms with Crippen LogP contribution in [0.15, 0.2) is 24.4 Å². The molecular weight excluding hydrogens is 278 g/mol. The van der Waals surface area contributed by atoms with Crippen molar-refractivity contribution in [2.24, 2.45) is 0 Å². The monoisotopic (exact) mass is 301 g/mol. The number of hydrogen-bond acceptors (Lipinski definition) is 4. The molecule has 2 aromatic heterocycles. The molecule has 1 atom stereocenters. The van der Waals surface area contributed by atoms with Crippen LogP contribution in [0.1, 0.15) is 38.3 Å². The Balaban J connectivity index is 1.95. The number of hydrogen-bond donors (Lipinski definition) is 1. The molecule has 1 aliphatic heterocycles. The molecule has 0 spiro atoms. The van der Waals surface area contributed by atoms with Crippen LogP contribution in [0.4, 0.5) is 0 Å². The smallest absolute Gasteiger partial charge is 0.326 e. The second-order valence-corrected chi connectivity index (χ2v) is 6.15. The average Bonchev–Trinajstić information content (AvgIpc) is 2.86. The highest BCUT2D eigenvalue weighted by molar-refractivity contribution is 5.80. The van der Waals surface area contributed by atoms with Crippen LogP contribution < -0.4 is 5.32 Å². The van der Waals surface area contributed by atoms with Crippen LogP contribution >= 0.6 is 0 Å². The minimum atomic E-state index is -0.205. The number of carbonyl (C=O) groups excluding carboxylic acids is 1. The largest absolute Gasteiger partial charge is 0.462 e. The highest BCUT2D eigenvalue weighted by atomic mass is 16.5. The van der Waals surface area contributed by atoms with Crippen LogP contribution in [0.5, 0.6) is 0 Å². The standard InChI is InChI=1S/C17H23N3O2/c1-12(2)22-16(21)11-20-15(14-6-3-7-18-10-14)9-13-5-4-8-19-17(13)20/h4-5,8-9,12,14,18H,3,6-7,10-11H2,1-2H3/t14-/m1/s1. The Morgan fingerprint density at radius 1 is 1.55 bits per heavy atom. The van der Waals surface area contributed by atoms with E-state index in [4.69, 9.17) is 4.74 Å². The van der Waals surface area contributed by atoms with E-state index in [0.29, 0.717) is 5.92 Å². The van der Waals surface area contributed by atoms with Gasteiger partial charge in [0, 0.05) is 29.7 Å². The number of fused-ring (bicyclic) bond motifs is 1. The maximum absolute atomic E-state index is 12.1. The molecule has 3 heterocycles. The molecule has 118 valence electrons. The zero-order valence-corrected chi connectivity index (χ0v) is 13.2. The van der Waals surface area contributed by atoms with Gasteiger partial charge in [-0.1, -0.05) is 0 Å². The lowest BCUT2D eigenvalue weighted by Gasteiger charge is -2.24. The Morgan fingerprint density at radius 2 is 2.41 bits per heavy atom. The number of aromatic nitrogens is 2. The summed E-state index contributed by atoms with van der Waals surface area (Å²) >= 11 is 0. The molecule has 0 amide bonds. The van der Waals surface area contributed by atoms with E-state index in [1.165, 1.54) is 5.69 Å². The van der Waals surface area contributed by atoms with Crippen LogP contribution in [0.25, 0.3) is 11.0 Å². The highest BCUT2D eigenvalue weighted by Gasteiger charge is 2.22. The lowest BCUT2D eigenvalue weighted by atomic mass is 9.96. The molecule has 0 unspecified atom stereocenters. The zero-order valence-electron chi connectivity index (χ0n) is 13.2. The van der Waals surface area contributed by atoms with Crippen molar-refractivity contribution in [2.75, 3.05) is 13.1 Å². The van der Waals surface area contributed by atoms with Crippen LogP contribution in [-0.2, 0) is 16.1 Å². The van der Waals surface area contributed by atoms with Crippen molar-refractivity contribution in [1.29, 1.82) is 0 Å². The van der Waals surface area contributed by atoms with Gasteiger partial charge in [-0.2, -0.15) is 0 Å². The van der Waals surface area contributed by atoms with Gasteiger partial charge in [0.15, 0.2) is 0 Å². The van der Waals surface area contributed by atoms with E-state index >= 15 is 0 Å². The second-order valence-electron chi connectivity index (χ2n) is 6.15. The van der Waals surface area contributed by atoms with E-state index in [1.807, 2.05) is 30.5 Å². The summed E-state index contributed by atoms with van der Waals surface area (Å²) in [7, 11) is 0. The molecule has 0 aromatic carbocycles. The van der Waals surface area contributed by atoms with Crippen LogP contribution in [0, 0.1) is 0 Å². The van der Waals surface area contributed by atoms with E-state index in [0.717, 1.165) is 37.0 Å². The number of pyridine rings is 1. The van der Waals surface area contributed by atoms with E-state index in [2.05, 4.69) is 16.4 Å². The predicted octanol–water partition coefficient (Wildman–Crippen LogP) is 2.45. The van der Waals surface area contributed by atoms with Crippen molar-refractivity contribution in [3.8, 4) is 0 Å². The molecule has 2 aromatic rings. The fourth-order valence-corrected chi connectivity index (χ4v) is 3.15. The van der Waals surface area contributed by atoms with Gasteiger partial charge in [0.25, 0.3) is 0 Å². The fourth-order valence-electron chi connectivity index (χ4n) is 3.15. The van der Waals surface area contributed by atoms with Crippen molar-refractivity contribution in [3.63, 3.8) is 0 Å². The van der Waals surface area contributed by atoms with Crippen LogP contribution in [-0.4, -0.2) is 34.7 Å². The summed E-state index contributed by atoms with van der Waals surface area (Å²) in [5.41, 5.74) is 2.05. The number of rotatable bonds is 4. The van der Waals surface area contributed by atoms with Gasteiger partial charge in [-0.15, -0.1) is 0 Å². The van der Waals surface area contributed by atoms with Gasteiger partial charge >= 0.3 is 5.97 Å². The summed E-state index contributed by atoms with van der Waals surface area (Å²) in [6.07, 6.45) is 3.98. The first kappa shape index (κ1) is 15.0. The third-order valence-electron chi connectivity index (χ3n) is 4.06. The molecule has 0 aliphatic carbocycles. The highest BCUT2D eigenvalue weighted by Crippen LogP contribution is 2.28. The lowest BCUT2D eigenvalue weighted by molar-refractivity contribution is -0.148. The Morgan fingerprint density at radius 3 is 3.14 bits per heavy atom. The zero-order chi connectivity index (χ0) is 15.5. The Hall–Kier alpha value is -1.88. The summed E-state index contributed by atoms with van der Waals surface area (Å²) in [5.74, 6) is 0.220. The van der Waals surface area contributed by atoms with Crippen molar-refractivity contribution in [2.45, 2.75) is 45.3 Å². The summed E-state index contributed by atoms with van der Waals surface area (Å²) in [6, 6.07) is 6.15. The van der Waals surface area contributed by atoms with Crippen LogP contribution in [0.3, 0.4) is 0 Å². The van der Waals surface area contributed by atoms with Crippen molar-refractivity contribution < 1.29 is 9.53 Å². The van der Waals surface area contributed by atoms with E-state index in [9.17, 15) is 4.79 Å². The summed E-state index contributed by atoms with van der Waals surface area (Å²) in [6.45, 7) is 6.00.